The Morgan fingerprint density at radius 3 is 2.59 bits per heavy atom. The van der Waals surface area contributed by atoms with Crippen molar-refractivity contribution < 1.29 is 9.18 Å². The highest BCUT2D eigenvalue weighted by atomic mass is 19.1. The molecule has 3 aromatic carbocycles. The molecule has 1 unspecified atom stereocenters. The van der Waals surface area contributed by atoms with Crippen LogP contribution in [-0.4, -0.2) is 33.4 Å². The van der Waals surface area contributed by atoms with E-state index in [1.807, 2.05) is 30.3 Å². The van der Waals surface area contributed by atoms with Gasteiger partial charge in [0, 0.05) is 13.1 Å². The van der Waals surface area contributed by atoms with Crippen LogP contribution in [0.25, 0.3) is 10.9 Å². The number of aromatic nitrogens is 2. The number of nitrogens with one attached hydrogen (secondary N) is 2. The summed E-state index contributed by atoms with van der Waals surface area (Å²) in [5, 5.41) is 3.58. The van der Waals surface area contributed by atoms with Crippen LogP contribution in [0.1, 0.15) is 22.5 Å². The molecule has 0 bridgehead atoms. The molecular weight excluding hydrogens is 431 g/mol. The van der Waals surface area contributed by atoms with E-state index in [1.54, 1.807) is 18.2 Å². The standard InChI is InChI=1S/C27H25FN4O2/c28-21-11-9-18(10-12-21)13-14-29-27(34)24-15-19-5-1-2-6-20(19)16-32(24)17-25-30-23-8-4-3-7-22(23)26(33)31-25/h1-12,24H,13-17H2,(H,29,34)(H,30,31,33). The van der Waals surface area contributed by atoms with Gasteiger partial charge in [0.05, 0.1) is 23.5 Å². The Morgan fingerprint density at radius 1 is 1.03 bits per heavy atom. The average molecular weight is 457 g/mol. The van der Waals surface area contributed by atoms with Crippen LogP contribution in [0.3, 0.4) is 0 Å². The Kier molecular flexibility index (Phi) is 6.18. The molecule has 4 aromatic rings. The number of carbonyl (C=O) groups is 1. The van der Waals surface area contributed by atoms with Crippen molar-refractivity contribution in [1.29, 1.82) is 0 Å². The highest BCUT2D eigenvalue weighted by molar-refractivity contribution is 5.82. The number of para-hydroxylation sites is 1. The summed E-state index contributed by atoms with van der Waals surface area (Å²) in [4.78, 5) is 35.3. The summed E-state index contributed by atoms with van der Waals surface area (Å²) in [7, 11) is 0. The number of hydrogen-bond acceptors (Lipinski definition) is 4. The van der Waals surface area contributed by atoms with Crippen molar-refractivity contribution in [3.05, 3.63) is 111 Å². The van der Waals surface area contributed by atoms with Crippen molar-refractivity contribution in [3.63, 3.8) is 0 Å². The molecule has 2 heterocycles. The van der Waals surface area contributed by atoms with Crippen LogP contribution < -0.4 is 10.9 Å². The first-order chi connectivity index (χ1) is 16.6. The minimum Gasteiger partial charge on any atom is -0.354 e. The third kappa shape index (κ3) is 4.75. The molecule has 34 heavy (non-hydrogen) atoms. The average Bonchev–Trinajstić information content (AvgIpc) is 2.85. The van der Waals surface area contributed by atoms with Crippen LogP contribution in [0.5, 0.6) is 0 Å². The Hall–Kier alpha value is -3.84. The van der Waals surface area contributed by atoms with E-state index in [4.69, 9.17) is 0 Å². The summed E-state index contributed by atoms with van der Waals surface area (Å²) in [6.07, 6.45) is 1.20. The van der Waals surface area contributed by atoms with Crippen LogP contribution in [0.2, 0.25) is 0 Å². The zero-order chi connectivity index (χ0) is 23.5. The summed E-state index contributed by atoms with van der Waals surface area (Å²) in [5.74, 6) is 0.191. The van der Waals surface area contributed by atoms with Crippen molar-refractivity contribution in [2.45, 2.75) is 32.0 Å². The lowest BCUT2D eigenvalue weighted by atomic mass is 9.93. The number of amides is 1. The molecule has 0 fully saturated rings. The molecule has 0 saturated carbocycles. The van der Waals surface area contributed by atoms with Crippen LogP contribution in [-0.2, 0) is 30.7 Å². The number of benzene rings is 3. The van der Waals surface area contributed by atoms with Gasteiger partial charge in [-0.3, -0.25) is 14.5 Å². The highest BCUT2D eigenvalue weighted by Crippen LogP contribution is 2.25. The van der Waals surface area contributed by atoms with E-state index in [-0.39, 0.29) is 23.3 Å². The Labute approximate surface area is 196 Å². The van der Waals surface area contributed by atoms with Gasteiger partial charge in [0.2, 0.25) is 5.91 Å². The SMILES string of the molecule is O=C(NCCc1ccc(F)cc1)C1Cc2ccccc2CN1Cc1nc2ccccc2c(=O)[nH]1. The molecule has 1 aliphatic heterocycles. The number of rotatable bonds is 6. The maximum atomic E-state index is 13.2. The van der Waals surface area contributed by atoms with Gasteiger partial charge in [-0.15, -0.1) is 0 Å². The predicted octanol–water partition coefficient (Wildman–Crippen LogP) is 3.35. The number of hydrogen-bond donors (Lipinski definition) is 2. The van der Waals surface area contributed by atoms with Gasteiger partial charge in [0.15, 0.2) is 0 Å². The van der Waals surface area contributed by atoms with Gasteiger partial charge < -0.3 is 10.3 Å². The fourth-order valence-corrected chi connectivity index (χ4v) is 4.50. The molecular formula is C27H25FN4O2. The zero-order valence-electron chi connectivity index (χ0n) is 18.6. The number of nitrogens with zero attached hydrogens (tertiary/aromatic N) is 2. The molecule has 1 amide bonds. The number of aromatic amines is 1. The summed E-state index contributed by atoms with van der Waals surface area (Å²) in [6.45, 7) is 1.40. The third-order valence-electron chi connectivity index (χ3n) is 6.29. The number of carbonyl (C=O) groups excluding carboxylic acids is 1. The first-order valence-corrected chi connectivity index (χ1v) is 11.4. The minimum atomic E-state index is -0.389. The minimum absolute atomic E-state index is 0.0697. The third-order valence-corrected chi connectivity index (χ3v) is 6.29. The molecule has 1 aromatic heterocycles. The second-order valence-electron chi connectivity index (χ2n) is 8.59. The van der Waals surface area contributed by atoms with Crippen LogP contribution in [0, 0.1) is 5.82 Å². The molecule has 0 aliphatic carbocycles. The predicted molar refractivity (Wildman–Crippen MR) is 129 cm³/mol. The van der Waals surface area contributed by atoms with Gasteiger partial charge in [-0.1, -0.05) is 48.5 Å². The lowest BCUT2D eigenvalue weighted by molar-refractivity contribution is -0.127. The van der Waals surface area contributed by atoms with Crippen molar-refractivity contribution in [1.82, 2.24) is 20.2 Å². The van der Waals surface area contributed by atoms with Gasteiger partial charge in [-0.2, -0.15) is 0 Å². The van der Waals surface area contributed by atoms with E-state index in [9.17, 15) is 14.0 Å². The lowest BCUT2D eigenvalue weighted by Crippen LogP contribution is -2.50. The number of H-pyrrole nitrogens is 1. The van der Waals surface area contributed by atoms with Crippen molar-refractivity contribution >= 4 is 16.8 Å². The van der Waals surface area contributed by atoms with Crippen molar-refractivity contribution in [3.8, 4) is 0 Å². The Morgan fingerprint density at radius 2 is 1.76 bits per heavy atom. The quantitative estimate of drug-likeness (QED) is 0.467. The monoisotopic (exact) mass is 456 g/mol. The molecule has 2 N–H and O–H groups in total. The fraction of sp³-hybridized carbons (Fsp3) is 0.222. The topological polar surface area (TPSA) is 78.1 Å². The Balaban J connectivity index is 1.35. The van der Waals surface area contributed by atoms with E-state index < -0.39 is 0 Å². The fourth-order valence-electron chi connectivity index (χ4n) is 4.50. The van der Waals surface area contributed by atoms with E-state index in [2.05, 4.69) is 32.3 Å². The van der Waals surface area contributed by atoms with E-state index >= 15 is 0 Å². The zero-order valence-corrected chi connectivity index (χ0v) is 18.6. The number of halogens is 1. The Bertz CT molecular complexity index is 1380. The smallest absolute Gasteiger partial charge is 0.258 e. The number of fused-ring (bicyclic) bond motifs is 2. The van der Waals surface area contributed by atoms with Gasteiger partial charge in [-0.25, -0.2) is 9.37 Å². The summed E-state index contributed by atoms with van der Waals surface area (Å²) in [5.41, 5.74) is 3.74. The van der Waals surface area contributed by atoms with E-state index in [1.165, 1.54) is 17.7 Å². The molecule has 1 atom stereocenters. The molecule has 172 valence electrons. The van der Waals surface area contributed by atoms with E-state index in [0.717, 1.165) is 11.1 Å². The summed E-state index contributed by atoms with van der Waals surface area (Å²) in [6, 6.07) is 21.3. The molecule has 0 saturated heterocycles. The summed E-state index contributed by atoms with van der Waals surface area (Å²) >= 11 is 0. The maximum absolute atomic E-state index is 13.2. The highest BCUT2D eigenvalue weighted by Gasteiger charge is 2.31. The van der Waals surface area contributed by atoms with Gasteiger partial charge in [0.1, 0.15) is 11.6 Å². The normalized spacial score (nSPS) is 15.7. The first-order valence-electron chi connectivity index (χ1n) is 11.4. The van der Waals surface area contributed by atoms with Crippen LogP contribution in [0.15, 0.2) is 77.6 Å². The van der Waals surface area contributed by atoms with Crippen molar-refractivity contribution in [2.24, 2.45) is 0 Å². The molecule has 5 rings (SSSR count). The van der Waals surface area contributed by atoms with Gasteiger partial charge >= 0.3 is 0 Å². The molecule has 0 spiro atoms. The second kappa shape index (κ2) is 9.57. The van der Waals surface area contributed by atoms with Crippen LogP contribution >= 0.6 is 0 Å². The summed E-state index contributed by atoms with van der Waals surface area (Å²) < 4.78 is 13.1. The molecule has 0 radical (unpaired) electrons. The van der Waals surface area contributed by atoms with Gasteiger partial charge in [-0.05, 0) is 53.8 Å². The molecule has 6 nitrogen and oxygen atoms in total. The maximum Gasteiger partial charge on any atom is 0.258 e. The largest absolute Gasteiger partial charge is 0.354 e. The second-order valence-corrected chi connectivity index (χ2v) is 8.59. The lowest BCUT2D eigenvalue weighted by Gasteiger charge is -2.35. The molecule has 1 aliphatic rings. The molecule has 7 heteroatoms. The van der Waals surface area contributed by atoms with E-state index in [0.29, 0.717) is 49.2 Å². The first kappa shape index (κ1) is 22.0. The van der Waals surface area contributed by atoms with Crippen LogP contribution in [0.4, 0.5) is 4.39 Å². The van der Waals surface area contributed by atoms with Gasteiger partial charge in [0.25, 0.3) is 5.56 Å². The van der Waals surface area contributed by atoms with Crippen molar-refractivity contribution in [2.75, 3.05) is 6.54 Å².